The van der Waals surface area contributed by atoms with Crippen LogP contribution in [0.1, 0.15) is 20.3 Å². The summed E-state index contributed by atoms with van der Waals surface area (Å²) >= 11 is 0. The van der Waals surface area contributed by atoms with Crippen LogP contribution in [0.4, 0.5) is 0 Å². The Morgan fingerprint density at radius 3 is 2.82 bits per heavy atom. The molecule has 0 aliphatic carbocycles. The molecule has 0 rings (SSSR count). The Morgan fingerprint density at radius 2 is 2.36 bits per heavy atom. The van der Waals surface area contributed by atoms with Crippen LogP contribution < -0.4 is 0 Å². The second kappa shape index (κ2) is 5.72. The van der Waals surface area contributed by atoms with Crippen molar-refractivity contribution in [1.29, 1.82) is 0 Å². The first kappa shape index (κ1) is 9.96. The van der Waals surface area contributed by atoms with Crippen molar-refractivity contribution < 1.29 is 9.53 Å². The summed E-state index contributed by atoms with van der Waals surface area (Å²) in [6.07, 6.45) is 0.789. The van der Waals surface area contributed by atoms with Gasteiger partial charge in [0, 0.05) is 0 Å². The van der Waals surface area contributed by atoms with Crippen LogP contribution in [-0.4, -0.2) is 19.1 Å². The van der Waals surface area contributed by atoms with Gasteiger partial charge in [0.2, 0.25) is 6.54 Å². The van der Waals surface area contributed by atoms with E-state index in [1.165, 1.54) is 0 Å². The van der Waals surface area contributed by atoms with Gasteiger partial charge in [-0.15, -0.1) is 0 Å². The highest BCUT2D eigenvalue weighted by Crippen LogP contribution is 2.02. The highest BCUT2D eigenvalue weighted by Gasteiger charge is 2.11. The Kier molecular flexibility index (Phi) is 5.18. The standard InChI is InChI=1S/C8H13NO2/c1-4-7(2)8(10)11-6-5-9-3/h7H,4-6H2,1-2H3. The van der Waals surface area contributed by atoms with Crippen molar-refractivity contribution in [3.05, 3.63) is 11.4 Å². The van der Waals surface area contributed by atoms with Crippen molar-refractivity contribution in [2.24, 2.45) is 5.92 Å². The molecule has 0 aliphatic rings. The third kappa shape index (κ3) is 4.38. The first-order valence-corrected chi connectivity index (χ1v) is 3.72. The predicted molar refractivity (Wildman–Crippen MR) is 41.9 cm³/mol. The summed E-state index contributed by atoms with van der Waals surface area (Å²) < 4.78 is 4.78. The molecule has 0 saturated carbocycles. The third-order valence-electron chi connectivity index (χ3n) is 1.46. The zero-order chi connectivity index (χ0) is 8.69. The zero-order valence-corrected chi connectivity index (χ0v) is 6.96. The first-order valence-electron chi connectivity index (χ1n) is 3.72. The van der Waals surface area contributed by atoms with Gasteiger partial charge in [0.05, 0.1) is 5.92 Å². The van der Waals surface area contributed by atoms with Crippen molar-refractivity contribution in [1.82, 2.24) is 0 Å². The number of carbonyl (C=O) groups is 1. The minimum absolute atomic E-state index is 0.0410. The smallest absolute Gasteiger partial charge is 0.308 e. The van der Waals surface area contributed by atoms with Crippen LogP contribution in [0.5, 0.6) is 0 Å². The maximum absolute atomic E-state index is 10.9. The molecule has 0 aromatic heterocycles. The summed E-state index contributed by atoms with van der Waals surface area (Å²) in [4.78, 5) is 14.0. The maximum atomic E-state index is 10.9. The molecular formula is C8H13NO2. The number of carbonyl (C=O) groups excluding carboxylic acids is 1. The number of hydrogen-bond donors (Lipinski definition) is 0. The van der Waals surface area contributed by atoms with E-state index < -0.39 is 0 Å². The van der Waals surface area contributed by atoms with E-state index in [0.717, 1.165) is 6.42 Å². The van der Waals surface area contributed by atoms with Crippen LogP contribution in [0.25, 0.3) is 4.85 Å². The fraction of sp³-hybridized carbons (Fsp3) is 0.750. The van der Waals surface area contributed by atoms with Gasteiger partial charge in [0.1, 0.15) is 0 Å². The third-order valence-corrected chi connectivity index (χ3v) is 1.46. The topological polar surface area (TPSA) is 30.7 Å². The molecule has 1 atom stereocenters. The molecule has 0 aromatic carbocycles. The van der Waals surface area contributed by atoms with Crippen LogP contribution in [0, 0.1) is 12.5 Å². The Hall–Kier alpha value is -1.04. The van der Waals surface area contributed by atoms with Gasteiger partial charge in [-0.3, -0.25) is 4.79 Å². The lowest BCUT2D eigenvalue weighted by Crippen LogP contribution is -2.15. The van der Waals surface area contributed by atoms with Gasteiger partial charge >= 0.3 is 5.97 Å². The van der Waals surface area contributed by atoms with E-state index in [0.29, 0.717) is 0 Å². The van der Waals surface area contributed by atoms with E-state index in [9.17, 15) is 4.79 Å². The molecule has 0 saturated heterocycles. The number of esters is 1. The number of rotatable bonds is 4. The number of hydrogen-bond acceptors (Lipinski definition) is 2. The highest BCUT2D eigenvalue weighted by molar-refractivity contribution is 5.71. The molecule has 0 radical (unpaired) electrons. The van der Waals surface area contributed by atoms with Crippen LogP contribution in [0.2, 0.25) is 0 Å². The SMILES string of the molecule is [C-]#[N+]CCOC(=O)C(C)CC. The van der Waals surface area contributed by atoms with Gasteiger partial charge in [0.15, 0.2) is 6.61 Å². The van der Waals surface area contributed by atoms with Crippen LogP contribution in [0.3, 0.4) is 0 Å². The molecule has 0 aromatic rings. The molecule has 62 valence electrons. The van der Waals surface area contributed by atoms with Gasteiger partial charge in [0.25, 0.3) is 0 Å². The van der Waals surface area contributed by atoms with E-state index in [-0.39, 0.29) is 25.0 Å². The Bertz CT molecular complexity index is 160. The van der Waals surface area contributed by atoms with E-state index in [2.05, 4.69) is 4.85 Å². The molecule has 0 heterocycles. The molecular weight excluding hydrogens is 142 g/mol. The number of nitrogens with zero attached hydrogens (tertiary/aromatic N) is 1. The van der Waals surface area contributed by atoms with Crippen LogP contribution in [-0.2, 0) is 9.53 Å². The van der Waals surface area contributed by atoms with E-state index in [1.54, 1.807) is 0 Å². The first-order chi connectivity index (χ1) is 5.22. The summed E-state index contributed by atoms with van der Waals surface area (Å²) in [5, 5.41) is 0. The van der Waals surface area contributed by atoms with Crippen molar-refractivity contribution >= 4 is 5.97 Å². The molecule has 0 N–H and O–H groups in total. The molecule has 0 spiro atoms. The molecule has 0 fully saturated rings. The molecule has 0 bridgehead atoms. The van der Waals surface area contributed by atoms with Crippen LogP contribution >= 0.6 is 0 Å². The van der Waals surface area contributed by atoms with Crippen molar-refractivity contribution in [2.75, 3.05) is 13.2 Å². The average Bonchev–Trinajstić information content (AvgIpc) is 2.03. The van der Waals surface area contributed by atoms with Crippen molar-refractivity contribution in [3.8, 4) is 0 Å². The maximum Gasteiger partial charge on any atom is 0.308 e. The Labute approximate surface area is 67.2 Å². The number of ether oxygens (including phenoxy) is 1. The molecule has 3 nitrogen and oxygen atoms in total. The van der Waals surface area contributed by atoms with E-state index >= 15 is 0 Å². The highest BCUT2D eigenvalue weighted by atomic mass is 16.5. The molecule has 11 heavy (non-hydrogen) atoms. The minimum Gasteiger partial charge on any atom is -0.458 e. The van der Waals surface area contributed by atoms with Gasteiger partial charge in [-0.2, -0.15) is 0 Å². The lowest BCUT2D eigenvalue weighted by molar-refractivity contribution is -0.147. The van der Waals surface area contributed by atoms with Gasteiger partial charge in [-0.25, -0.2) is 6.57 Å². The fourth-order valence-corrected chi connectivity index (χ4v) is 0.501. The largest absolute Gasteiger partial charge is 0.458 e. The predicted octanol–water partition coefficient (Wildman–Crippen LogP) is 1.49. The Morgan fingerprint density at radius 1 is 1.73 bits per heavy atom. The molecule has 0 aliphatic heterocycles. The fourth-order valence-electron chi connectivity index (χ4n) is 0.501. The molecule has 1 unspecified atom stereocenters. The van der Waals surface area contributed by atoms with Gasteiger partial charge in [-0.05, 0) is 6.42 Å². The summed E-state index contributed by atoms with van der Waals surface area (Å²) in [6.45, 7) is 10.7. The van der Waals surface area contributed by atoms with Gasteiger partial charge < -0.3 is 9.58 Å². The summed E-state index contributed by atoms with van der Waals surface area (Å²) in [6, 6.07) is 0. The monoisotopic (exact) mass is 155 g/mol. The van der Waals surface area contributed by atoms with E-state index in [1.807, 2.05) is 13.8 Å². The zero-order valence-electron chi connectivity index (χ0n) is 6.96. The van der Waals surface area contributed by atoms with Crippen LogP contribution in [0.15, 0.2) is 0 Å². The average molecular weight is 155 g/mol. The van der Waals surface area contributed by atoms with Gasteiger partial charge in [-0.1, -0.05) is 13.8 Å². The van der Waals surface area contributed by atoms with Crippen molar-refractivity contribution in [2.45, 2.75) is 20.3 Å². The summed E-state index contributed by atoms with van der Waals surface area (Å²) in [5.74, 6) is -0.239. The molecule has 3 heteroatoms. The second-order valence-corrected chi connectivity index (χ2v) is 2.36. The lowest BCUT2D eigenvalue weighted by atomic mass is 10.1. The quantitative estimate of drug-likeness (QED) is 0.350. The minimum atomic E-state index is -0.198. The lowest BCUT2D eigenvalue weighted by Gasteiger charge is -2.05. The van der Waals surface area contributed by atoms with Crippen molar-refractivity contribution in [3.63, 3.8) is 0 Å². The molecule has 0 amide bonds. The Balaban J connectivity index is 3.46. The second-order valence-electron chi connectivity index (χ2n) is 2.36. The summed E-state index contributed by atoms with van der Waals surface area (Å²) in [5.41, 5.74) is 0. The summed E-state index contributed by atoms with van der Waals surface area (Å²) in [7, 11) is 0. The normalized spacial score (nSPS) is 11.7. The van der Waals surface area contributed by atoms with E-state index in [4.69, 9.17) is 11.3 Å².